The van der Waals surface area contributed by atoms with E-state index in [1.807, 2.05) is 38.1 Å². The number of β-amino-alcohol motifs (C(OH)–C–C–N with tert-alkyl or cyclic N) is 1. The molecule has 2 amide bonds. The first kappa shape index (κ1) is 18.1. The smallest absolute Gasteiger partial charge is 0.259 e. The molecule has 1 unspecified atom stereocenters. The molecule has 1 atom stereocenters. The molecule has 26 heavy (non-hydrogen) atoms. The van der Waals surface area contributed by atoms with E-state index in [1.54, 1.807) is 10.7 Å². The fourth-order valence-electron chi connectivity index (χ4n) is 3.21. The van der Waals surface area contributed by atoms with Crippen molar-refractivity contribution in [1.82, 2.24) is 14.7 Å². The van der Waals surface area contributed by atoms with Crippen LogP contribution in [0.15, 0.2) is 30.3 Å². The van der Waals surface area contributed by atoms with Crippen molar-refractivity contribution in [3.05, 3.63) is 41.6 Å². The largest absolute Gasteiger partial charge is 0.378 e. The summed E-state index contributed by atoms with van der Waals surface area (Å²) in [6, 6.07) is 9.67. The van der Waals surface area contributed by atoms with Crippen LogP contribution in [0.3, 0.4) is 0 Å². The van der Waals surface area contributed by atoms with Crippen LogP contribution in [0.1, 0.15) is 31.0 Å². The number of nitrogens with zero attached hydrogens (tertiary/aromatic N) is 3. The van der Waals surface area contributed by atoms with E-state index in [-0.39, 0.29) is 12.5 Å². The van der Waals surface area contributed by atoms with Crippen LogP contribution in [0.2, 0.25) is 0 Å². The van der Waals surface area contributed by atoms with Crippen LogP contribution < -0.4 is 5.32 Å². The van der Waals surface area contributed by atoms with Gasteiger partial charge in [-0.15, -0.1) is 5.10 Å². The maximum atomic E-state index is 12.6. The summed E-state index contributed by atoms with van der Waals surface area (Å²) in [5.74, 6) is -0.297. The fraction of sp³-hybridized carbons (Fsp3) is 0.421. The Kier molecular flexibility index (Phi) is 4.82. The van der Waals surface area contributed by atoms with E-state index < -0.39 is 11.5 Å². The van der Waals surface area contributed by atoms with Gasteiger partial charge in [-0.2, -0.15) is 0 Å². The highest BCUT2D eigenvalue weighted by molar-refractivity contribution is 5.97. The maximum absolute atomic E-state index is 12.6. The van der Waals surface area contributed by atoms with Gasteiger partial charge >= 0.3 is 0 Å². The molecule has 1 aliphatic rings. The summed E-state index contributed by atoms with van der Waals surface area (Å²) in [4.78, 5) is 25.7. The zero-order valence-electron chi connectivity index (χ0n) is 15.3. The second-order valence-electron chi connectivity index (χ2n) is 6.95. The second kappa shape index (κ2) is 6.92. The van der Waals surface area contributed by atoms with Crippen LogP contribution in [0, 0.1) is 13.8 Å². The van der Waals surface area contributed by atoms with Crippen LogP contribution in [-0.4, -0.2) is 50.3 Å². The molecule has 0 aliphatic carbocycles. The van der Waals surface area contributed by atoms with E-state index >= 15 is 0 Å². The standard InChI is InChI=1S/C19H24N4O3/c1-13-5-7-16(8-6-13)23-14(2)11-17(21-23)20-18(25)19(26)9-4-10-22(12-19)15(3)24/h5-8,11,26H,4,9-10,12H2,1-3H3,(H,20,21,25). The fourth-order valence-corrected chi connectivity index (χ4v) is 3.21. The lowest BCUT2D eigenvalue weighted by Gasteiger charge is -2.37. The number of aryl methyl sites for hydroxylation is 2. The Morgan fingerprint density at radius 3 is 2.58 bits per heavy atom. The van der Waals surface area contributed by atoms with E-state index in [0.29, 0.717) is 25.2 Å². The number of likely N-dealkylation sites (tertiary alicyclic amines) is 1. The minimum Gasteiger partial charge on any atom is -0.378 e. The van der Waals surface area contributed by atoms with E-state index in [1.165, 1.54) is 11.8 Å². The number of piperidine rings is 1. The first-order valence-corrected chi connectivity index (χ1v) is 8.71. The number of carbonyl (C=O) groups excluding carboxylic acids is 2. The topological polar surface area (TPSA) is 87.5 Å². The highest BCUT2D eigenvalue weighted by Crippen LogP contribution is 2.24. The van der Waals surface area contributed by atoms with Crippen LogP contribution >= 0.6 is 0 Å². The average Bonchev–Trinajstić information content (AvgIpc) is 2.96. The molecule has 2 aromatic rings. The normalized spacial score (nSPS) is 20.1. The molecule has 1 fully saturated rings. The van der Waals surface area contributed by atoms with Crippen molar-refractivity contribution in [1.29, 1.82) is 0 Å². The van der Waals surface area contributed by atoms with Crippen LogP contribution in [-0.2, 0) is 9.59 Å². The van der Waals surface area contributed by atoms with Gasteiger partial charge in [-0.05, 0) is 38.8 Å². The molecule has 2 N–H and O–H groups in total. The number of hydrogen-bond acceptors (Lipinski definition) is 4. The Balaban J connectivity index is 1.76. The zero-order chi connectivity index (χ0) is 18.9. The van der Waals surface area contributed by atoms with Crippen molar-refractivity contribution < 1.29 is 14.7 Å². The lowest BCUT2D eigenvalue weighted by Crippen LogP contribution is -2.56. The van der Waals surface area contributed by atoms with Crippen molar-refractivity contribution in [2.75, 3.05) is 18.4 Å². The Morgan fingerprint density at radius 2 is 1.92 bits per heavy atom. The van der Waals surface area contributed by atoms with Gasteiger partial charge < -0.3 is 15.3 Å². The predicted octanol–water partition coefficient (Wildman–Crippen LogP) is 1.80. The molecular formula is C19H24N4O3. The van der Waals surface area contributed by atoms with Crippen molar-refractivity contribution in [3.63, 3.8) is 0 Å². The molecule has 138 valence electrons. The Morgan fingerprint density at radius 1 is 1.23 bits per heavy atom. The number of anilines is 1. The molecule has 1 aliphatic heterocycles. The SMILES string of the molecule is CC(=O)N1CCCC(O)(C(=O)Nc2cc(C)n(-c3ccc(C)cc3)n2)C1. The van der Waals surface area contributed by atoms with Gasteiger partial charge in [0.1, 0.15) is 0 Å². The number of carbonyl (C=O) groups is 2. The van der Waals surface area contributed by atoms with Gasteiger partial charge in [-0.1, -0.05) is 17.7 Å². The van der Waals surface area contributed by atoms with Gasteiger partial charge in [-0.3, -0.25) is 9.59 Å². The molecular weight excluding hydrogens is 332 g/mol. The monoisotopic (exact) mass is 356 g/mol. The van der Waals surface area contributed by atoms with Gasteiger partial charge in [0.15, 0.2) is 11.4 Å². The summed E-state index contributed by atoms with van der Waals surface area (Å²) in [5, 5.41) is 17.8. The highest BCUT2D eigenvalue weighted by Gasteiger charge is 2.41. The number of benzene rings is 1. The molecule has 1 aromatic heterocycles. The summed E-state index contributed by atoms with van der Waals surface area (Å²) >= 11 is 0. The third-order valence-electron chi connectivity index (χ3n) is 4.75. The third-order valence-corrected chi connectivity index (χ3v) is 4.75. The van der Waals surface area contributed by atoms with Gasteiger partial charge in [0.05, 0.1) is 12.2 Å². The quantitative estimate of drug-likeness (QED) is 0.878. The number of hydrogen-bond donors (Lipinski definition) is 2. The van der Waals surface area contributed by atoms with Gasteiger partial charge in [0.2, 0.25) is 5.91 Å². The molecule has 7 heteroatoms. The summed E-state index contributed by atoms with van der Waals surface area (Å²) in [6.45, 7) is 5.92. The minimum atomic E-state index is -1.59. The summed E-state index contributed by atoms with van der Waals surface area (Å²) in [5.41, 5.74) is 1.32. The maximum Gasteiger partial charge on any atom is 0.259 e. The molecule has 2 heterocycles. The van der Waals surface area contributed by atoms with Gasteiger partial charge in [0, 0.05) is 25.2 Å². The Bertz CT molecular complexity index is 828. The molecule has 0 radical (unpaired) electrons. The summed E-state index contributed by atoms with van der Waals surface area (Å²) in [7, 11) is 0. The second-order valence-corrected chi connectivity index (χ2v) is 6.95. The van der Waals surface area contributed by atoms with Crippen molar-refractivity contribution in [2.45, 2.75) is 39.2 Å². The van der Waals surface area contributed by atoms with E-state index in [4.69, 9.17) is 0 Å². The lowest BCUT2D eigenvalue weighted by atomic mass is 9.92. The number of aliphatic hydroxyl groups is 1. The number of rotatable bonds is 3. The molecule has 0 saturated carbocycles. The Hall–Kier alpha value is -2.67. The van der Waals surface area contributed by atoms with E-state index in [2.05, 4.69) is 10.4 Å². The van der Waals surface area contributed by atoms with Crippen LogP contribution in [0.5, 0.6) is 0 Å². The molecule has 3 rings (SSSR count). The molecule has 0 spiro atoms. The Labute approximate surface area is 152 Å². The molecule has 1 aromatic carbocycles. The first-order chi connectivity index (χ1) is 12.3. The predicted molar refractivity (Wildman–Crippen MR) is 98.1 cm³/mol. The molecule has 0 bridgehead atoms. The number of aromatic nitrogens is 2. The van der Waals surface area contributed by atoms with Crippen molar-refractivity contribution in [2.24, 2.45) is 0 Å². The minimum absolute atomic E-state index is 0.00577. The third kappa shape index (κ3) is 3.62. The van der Waals surface area contributed by atoms with Gasteiger partial charge in [0.25, 0.3) is 5.91 Å². The van der Waals surface area contributed by atoms with Crippen LogP contribution in [0.4, 0.5) is 5.82 Å². The van der Waals surface area contributed by atoms with E-state index in [9.17, 15) is 14.7 Å². The number of nitrogens with one attached hydrogen (secondary N) is 1. The first-order valence-electron chi connectivity index (χ1n) is 8.71. The van der Waals surface area contributed by atoms with Crippen molar-refractivity contribution >= 4 is 17.6 Å². The average molecular weight is 356 g/mol. The van der Waals surface area contributed by atoms with E-state index in [0.717, 1.165) is 16.9 Å². The number of amides is 2. The van der Waals surface area contributed by atoms with Gasteiger partial charge in [-0.25, -0.2) is 4.68 Å². The highest BCUT2D eigenvalue weighted by atomic mass is 16.3. The van der Waals surface area contributed by atoms with Crippen molar-refractivity contribution in [3.8, 4) is 5.69 Å². The molecule has 7 nitrogen and oxygen atoms in total. The lowest BCUT2D eigenvalue weighted by molar-refractivity contribution is -0.146. The molecule has 1 saturated heterocycles. The summed E-state index contributed by atoms with van der Waals surface area (Å²) < 4.78 is 1.74. The van der Waals surface area contributed by atoms with Crippen LogP contribution in [0.25, 0.3) is 5.69 Å². The summed E-state index contributed by atoms with van der Waals surface area (Å²) in [6.07, 6.45) is 0.903. The zero-order valence-corrected chi connectivity index (χ0v) is 15.3.